The predicted molar refractivity (Wildman–Crippen MR) is 107 cm³/mol. The maximum absolute atomic E-state index is 12.8. The highest BCUT2D eigenvalue weighted by Gasteiger charge is 2.19. The molecule has 0 radical (unpaired) electrons. The Morgan fingerprint density at radius 3 is 2.52 bits per heavy atom. The molecular formula is C21H21N3O3. The fourth-order valence-corrected chi connectivity index (χ4v) is 3.31. The molecule has 138 valence electrons. The summed E-state index contributed by atoms with van der Waals surface area (Å²) in [6.45, 7) is 3.72. The first-order chi connectivity index (χ1) is 13.1. The zero-order valence-corrected chi connectivity index (χ0v) is 15.1. The summed E-state index contributed by atoms with van der Waals surface area (Å²) in [4.78, 5) is 29.5. The van der Waals surface area contributed by atoms with Crippen LogP contribution in [0.4, 0.5) is 11.4 Å². The van der Waals surface area contributed by atoms with Gasteiger partial charge < -0.3 is 19.5 Å². The van der Waals surface area contributed by atoms with E-state index in [4.69, 9.17) is 4.42 Å². The molecule has 0 bridgehead atoms. The van der Waals surface area contributed by atoms with Crippen molar-refractivity contribution in [2.24, 2.45) is 0 Å². The molecule has 1 aromatic heterocycles. The van der Waals surface area contributed by atoms with Gasteiger partial charge >= 0.3 is 5.63 Å². The van der Waals surface area contributed by atoms with E-state index in [0.717, 1.165) is 37.3 Å². The first-order valence-corrected chi connectivity index (χ1v) is 8.98. The second-order valence-electron chi connectivity index (χ2n) is 6.75. The number of amides is 1. The lowest BCUT2D eigenvalue weighted by atomic mass is 10.1. The summed E-state index contributed by atoms with van der Waals surface area (Å²) in [6, 6.07) is 16.4. The van der Waals surface area contributed by atoms with Gasteiger partial charge in [-0.05, 0) is 31.3 Å². The van der Waals surface area contributed by atoms with E-state index >= 15 is 0 Å². The molecular weight excluding hydrogens is 342 g/mol. The van der Waals surface area contributed by atoms with Gasteiger partial charge in [-0.25, -0.2) is 4.79 Å². The second-order valence-corrected chi connectivity index (χ2v) is 6.75. The summed E-state index contributed by atoms with van der Waals surface area (Å²) in [6.07, 6.45) is 0. The van der Waals surface area contributed by atoms with Gasteiger partial charge in [0.25, 0.3) is 5.91 Å². The number of nitrogens with one attached hydrogen (secondary N) is 1. The number of hydrogen-bond acceptors (Lipinski definition) is 5. The Morgan fingerprint density at radius 1 is 1.00 bits per heavy atom. The maximum atomic E-state index is 12.8. The Morgan fingerprint density at radius 2 is 1.70 bits per heavy atom. The fourth-order valence-electron chi connectivity index (χ4n) is 3.31. The molecule has 2 heterocycles. The Hall–Kier alpha value is -3.12. The minimum Gasteiger partial charge on any atom is -0.422 e. The molecule has 1 saturated heterocycles. The zero-order valence-electron chi connectivity index (χ0n) is 15.1. The van der Waals surface area contributed by atoms with Gasteiger partial charge in [-0.3, -0.25) is 4.79 Å². The molecule has 1 aliphatic rings. The Balaban J connectivity index is 1.62. The summed E-state index contributed by atoms with van der Waals surface area (Å²) in [5, 5.41) is 3.60. The van der Waals surface area contributed by atoms with Crippen molar-refractivity contribution in [3.05, 3.63) is 70.6 Å². The third-order valence-corrected chi connectivity index (χ3v) is 4.88. The van der Waals surface area contributed by atoms with E-state index in [1.54, 1.807) is 18.2 Å². The van der Waals surface area contributed by atoms with E-state index in [1.807, 2.05) is 36.4 Å². The van der Waals surface area contributed by atoms with E-state index < -0.39 is 11.5 Å². The van der Waals surface area contributed by atoms with E-state index in [2.05, 4.69) is 22.2 Å². The van der Waals surface area contributed by atoms with Crippen molar-refractivity contribution < 1.29 is 9.21 Å². The first-order valence-electron chi connectivity index (χ1n) is 8.98. The minimum absolute atomic E-state index is 0.00174. The number of carbonyl (C=O) groups is 1. The van der Waals surface area contributed by atoms with Crippen LogP contribution >= 0.6 is 0 Å². The normalized spacial score (nSPS) is 15.1. The third-order valence-electron chi connectivity index (χ3n) is 4.88. The number of piperazine rings is 1. The van der Waals surface area contributed by atoms with Crippen LogP contribution in [0.25, 0.3) is 11.0 Å². The molecule has 1 amide bonds. The molecule has 1 N–H and O–H groups in total. The van der Waals surface area contributed by atoms with Gasteiger partial charge in [-0.1, -0.05) is 30.3 Å². The van der Waals surface area contributed by atoms with Crippen molar-refractivity contribution in [1.82, 2.24) is 4.90 Å². The highest BCUT2D eigenvalue weighted by atomic mass is 16.4. The summed E-state index contributed by atoms with van der Waals surface area (Å²) in [7, 11) is 2.10. The fraction of sp³-hybridized carbons (Fsp3) is 0.238. The molecule has 27 heavy (non-hydrogen) atoms. The van der Waals surface area contributed by atoms with Gasteiger partial charge in [0.1, 0.15) is 11.1 Å². The summed E-state index contributed by atoms with van der Waals surface area (Å²) >= 11 is 0. The molecule has 0 atom stereocenters. The van der Waals surface area contributed by atoms with Crippen LogP contribution < -0.4 is 15.8 Å². The lowest BCUT2D eigenvalue weighted by Crippen LogP contribution is -2.44. The SMILES string of the molecule is CN1CCN(c2ccccc2NC(=O)c2cc3ccccc3oc2=O)CC1. The summed E-state index contributed by atoms with van der Waals surface area (Å²) < 4.78 is 5.28. The monoisotopic (exact) mass is 363 g/mol. The Kier molecular flexibility index (Phi) is 4.64. The Labute approximate surface area is 157 Å². The van der Waals surface area contributed by atoms with Crippen molar-refractivity contribution in [2.75, 3.05) is 43.4 Å². The topological polar surface area (TPSA) is 65.8 Å². The van der Waals surface area contributed by atoms with E-state index in [9.17, 15) is 9.59 Å². The third kappa shape index (κ3) is 3.57. The number of hydrogen-bond donors (Lipinski definition) is 1. The van der Waals surface area contributed by atoms with Gasteiger partial charge in [0.05, 0.1) is 11.4 Å². The lowest BCUT2D eigenvalue weighted by molar-refractivity contribution is 0.102. The predicted octanol–water partition coefficient (Wildman–Crippen LogP) is 2.80. The quantitative estimate of drug-likeness (QED) is 0.725. The number of fused-ring (bicyclic) bond motifs is 1. The zero-order chi connectivity index (χ0) is 18.8. The number of benzene rings is 2. The standard InChI is InChI=1S/C21H21N3O3/c1-23-10-12-24(13-11-23)18-8-4-3-7-17(18)22-20(25)16-14-15-6-2-5-9-19(15)27-21(16)26/h2-9,14H,10-13H2,1H3,(H,22,25). The van der Waals surface area contributed by atoms with Crippen LogP contribution in [0.2, 0.25) is 0 Å². The molecule has 6 nitrogen and oxygen atoms in total. The van der Waals surface area contributed by atoms with Gasteiger partial charge in [-0.2, -0.15) is 0 Å². The van der Waals surface area contributed by atoms with Gasteiger partial charge in [0.2, 0.25) is 0 Å². The molecule has 2 aromatic carbocycles. The van der Waals surface area contributed by atoms with Gasteiger partial charge in [0.15, 0.2) is 0 Å². The molecule has 4 rings (SSSR count). The molecule has 3 aromatic rings. The van der Waals surface area contributed by atoms with Gasteiger partial charge in [-0.15, -0.1) is 0 Å². The minimum atomic E-state index is -0.636. The number of likely N-dealkylation sites (N-methyl/N-ethyl adjacent to an activating group) is 1. The number of rotatable bonds is 3. The molecule has 6 heteroatoms. The summed E-state index contributed by atoms with van der Waals surface area (Å²) in [5.74, 6) is -0.462. The van der Waals surface area contributed by atoms with Crippen molar-refractivity contribution in [1.29, 1.82) is 0 Å². The van der Waals surface area contributed by atoms with Crippen LogP contribution in [0.3, 0.4) is 0 Å². The van der Waals surface area contributed by atoms with Crippen molar-refractivity contribution in [3.63, 3.8) is 0 Å². The van der Waals surface area contributed by atoms with Crippen LogP contribution in [0.1, 0.15) is 10.4 Å². The molecule has 1 fully saturated rings. The molecule has 0 unspecified atom stereocenters. The lowest BCUT2D eigenvalue weighted by Gasteiger charge is -2.35. The summed E-state index contributed by atoms with van der Waals surface area (Å²) in [5.41, 5.74) is 1.49. The number of para-hydroxylation sites is 3. The van der Waals surface area contributed by atoms with Gasteiger partial charge in [0, 0.05) is 31.6 Å². The number of anilines is 2. The van der Waals surface area contributed by atoms with Crippen LogP contribution in [-0.4, -0.2) is 44.0 Å². The largest absolute Gasteiger partial charge is 0.422 e. The Bertz CT molecular complexity index is 1040. The van der Waals surface area contributed by atoms with E-state index in [1.165, 1.54) is 0 Å². The van der Waals surface area contributed by atoms with Crippen molar-refractivity contribution in [2.45, 2.75) is 0 Å². The van der Waals surface area contributed by atoms with Crippen LogP contribution in [-0.2, 0) is 0 Å². The molecule has 0 spiro atoms. The molecule has 1 aliphatic heterocycles. The smallest absolute Gasteiger partial charge is 0.349 e. The van der Waals surface area contributed by atoms with E-state index in [-0.39, 0.29) is 5.56 Å². The van der Waals surface area contributed by atoms with Crippen molar-refractivity contribution >= 4 is 28.3 Å². The highest BCUT2D eigenvalue weighted by Crippen LogP contribution is 2.27. The molecule has 0 aliphatic carbocycles. The first kappa shape index (κ1) is 17.3. The second kappa shape index (κ2) is 7.25. The van der Waals surface area contributed by atoms with E-state index in [0.29, 0.717) is 11.3 Å². The molecule has 0 saturated carbocycles. The van der Waals surface area contributed by atoms with Crippen molar-refractivity contribution in [3.8, 4) is 0 Å². The number of carbonyl (C=O) groups excluding carboxylic acids is 1. The maximum Gasteiger partial charge on any atom is 0.349 e. The van der Waals surface area contributed by atoms with Crippen LogP contribution in [0.15, 0.2) is 63.8 Å². The van der Waals surface area contributed by atoms with Crippen LogP contribution in [0.5, 0.6) is 0 Å². The highest BCUT2D eigenvalue weighted by molar-refractivity contribution is 6.06. The number of nitrogens with zero attached hydrogens (tertiary/aromatic N) is 2. The van der Waals surface area contributed by atoms with Crippen LogP contribution in [0, 0.1) is 0 Å². The average Bonchev–Trinajstić information content (AvgIpc) is 2.68. The average molecular weight is 363 g/mol.